The van der Waals surface area contributed by atoms with E-state index in [0.717, 1.165) is 10.5 Å². The number of carbonyl (C=O) groups is 3. The molecule has 0 N–H and O–H groups in total. The third kappa shape index (κ3) is 3.44. The average molecular weight is 352 g/mol. The van der Waals surface area contributed by atoms with Crippen LogP contribution < -0.4 is 14.7 Å². The Morgan fingerprint density at radius 1 is 1.08 bits per heavy atom. The van der Waals surface area contributed by atoms with Gasteiger partial charge in [0.25, 0.3) is 0 Å². The Bertz CT molecular complexity index is 840. The van der Waals surface area contributed by atoms with Gasteiger partial charge in [0.05, 0.1) is 23.7 Å². The molecule has 1 saturated heterocycles. The van der Waals surface area contributed by atoms with E-state index in [1.807, 2.05) is 13.8 Å². The third-order valence-electron chi connectivity index (χ3n) is 4.16. The lowest BCUT2D eigenvalue weighted by molar-refractivity contribution is -0.255. The van der Waals surface area contributed by atoms with Gasteiger partial charge in [-0.2, -0.15) is 0 Å². The number of aromatic carboxylic acids is 1. The summed E-state index contributed by atoms with van der Waals surface area (Å²) in [5.41, 5.74) is 1.09. The van der Waals surface area contributed by atoms with E-state index < -0.39 is 11.9 Å². The summed E-state index contributed by atoms with van der Waals surface area (Å²) in [6.45, 7) is 3.85. The van der Waals surface area contributed by atoms with Crippen LogP contribution in [0.25, 0.3) is 0 Å². The number of imide groups is 1. The van der Waals surface area contributed by atoms with Gasteiger partial charge in [-0.05, 0) is 49.2 Å². The first-order valence-electron chi connectivity index (χ1n) is 8.31. The molecule has 6 nitrogen and oxygen atoms in total. The highest BCUT2D eigenvalue weighted by Crippen LogP contribution is 2.34. The van der Waals surface area contributed by atoms with E-state index in [2.05, 4.69) is 0 Å². The molecule has 6 heteroatoms. The van der Waals surface area contributed by atoms with Crippen LogP contribution in [0.15, 0.2) is 48.5 Å². The predicted octanol–water partition coefficient (Wildman–Crippen LogP) is 1.88. The minimum absolute atomic E-state index is 0.00913. The van der Waals surface area contributed by atoms with Gasteiger partial charge in [-0.15, -0.1) is 0 Å². The normalized spacial score (nSPS) is 17.0. The van der Waals surface area contributed by atoms with Crippen LogP contribution in [0.3, 0.4) is 0 Å². The van der Waals surface area contributed by atoms with Crippen molar-refractivity contribution in [3.63, 3.8) is 0 Å². The zero-order valence-electron chi connectivity index (χ0n) is 14.5. The van der Waals surface area contributed by atoms with E-state index in [9.17, 15) is 19.5 Å². The molecule has 1 fully saturated rings. The van der Waals surface area contributed by atoms with E-state index in [1.54, 1.807) is 24.3 Å². The maximum atomic E-state index is 12.7. The largest absolute Gasteiger partial charge is 0.545 e. The van der Waals surface area contributed by atoms with Gasteiger partial charge in [-0.1, -0.05) is 24.3 Å². The molecule has 0 bridgehead atoms. The van der Waals surface area contributed by atoms with Crippen molar-refractivity contribution in [1.29, 1.82) is 0 Å². The third-order valence-corrected chi connectivity index (χ3v) is 4.16. The Labute approximate surface area is 151 Å². The Morgan fingerprint density at radius 2 is 1.69 bits per heavy atom. The summed E-state index contributed by atoms with van der Waals surface area (Å²) in [5.74, 6) is -1.80. The number of carbonyl (C=O) groups excluding carboxylic acids is 3. The van der Waals surface area contributed by atoms with Gasteiger partial charge < -0.3 is 14.6 Å². The topological polar surface area (TPSA) is 86.7 Å². The van der Waals surface area contributed by atoms with Crippen molar-refractivity contribution >= 4 is 23.5 Å². The summed E-state index contributed by atoms with van der Waals surface area (Å²) in [4.78, 5) is 37.0. The average Bonchev–Trinajstić information content (AvgIpc) is 2.89. The molecule has 1 aliphatic heterocycles. The number of benzene rings is 2. The van der Waals surface area contributed by atoms with Crippen molar-refractivity contribution in [3.8, 4) is 5.75 Å². The second-order valence-electron chi connectivity index (χ2n) is 6.39. The molecule has 0 unspecified atom stereocenters. The van der Waals surface area contributed by atoms with Crippen LogP contribution in [0.2, 0.25) is 0 Å². The van der Waals surface area contributed by atoms with Crippen LogP contribution in [0, 0.1) is 0 Å². The molecule has 0 aromatic heterocycles. The second kappa shape index (κ2) is 7.00. The van der Waals surface area contributed by atoms with Crippen LogP contribution in [0.5, 0.6) is 5.75 Å². The van der Waals surface area contributed by atoms with Gasteiger partial charge in [0.2, 0.25) is 11.8 Å². The lowest BCUT2D eigenvalue weighted by atomic mass is 9.97. The minimum Gasteiger partial charge on any atom is -0.545 e. The second-order valence-corrected chi connectivity index (χ2v) is 6.39. The molecule has 3 rings (SSSR count). The quantitative estimate of drug-likeness (QED) is 0.767. The smallest absolute Gasteiger partial charge is 0.241 e. The van der Waals surface area contributed by atoms with Crippen molar-refractivity contribution in [2.75, 3.05) is 4.90 Å². The lowest BCUT2D eigenvalue weighted by Crippen LogP contribution is -2.30. The van der Waals surface area contributed by atoms with Crippen molar-refractivity contribution in [3.05, 3.63) is 59.7 Å². The standard InChI is InChI=1S/C20H19NO5/c1-12(2)26-16-9-5-13(6-10-16)17-11-18(22)21(19(17)23)15-7-3-14(4-8-15)20(24)25/h3-10,12,17H,11H2,1-2H3,(H,24,25)/p-1/t17-/m0/s1. The van der Waals surface area contributed by atoms with E-state index in [0.29, 0.717) is 11.4 Å². The van der Waals surface area contributed by atoms with Crippen molar-refractivity contribution in [2.24, 2.45) is 0 Å². The molecule has 134 valence electrons. The Balaban J connectivity index is 1.81. The van der Waals surface area contributed by atoms with Gasteiger partial charge in [-0.25, -0.2) is 0 Å². The highest BCUT2D eigenvalue weighted by molar-refractivity contribution is 6.22. The summed E-state index contributed by atoms with van der Waals surface area (Å²) in [7, 11) is 0. The number of amides is 2. The summed E-state index contributed by atoms with van der Waals surface area (Å²) in [6.07, 6.45) is 0.126. The molecule has 0 radical (unpaired) electrons. The summed E-state index contributed by atoms with van der Waals surface area (Å²) < 4.78 is 5.59. The molecular weight excluding hydrogens is 334 g/mol. The number of rotatable bonds is 5. The zero-order valence-corrected chi connectivity index (χ0v) is 14.5. The number of ether oxygens (including phenoxy) is 1. The first-order chi connectivity index (χ1) is 12.4. The Hall–Kier alpha value is -3.15. The summed E-state index contributed by atoms with van der Waals surface area (Å²) >= 11 is 0. The van der Waals surface area contributed by atoms with Crippen molar-refractivity contribution in [2.45, 2.75) is 32.3 Å². The first-order valence-corrected chi connectivity index (χ1v) is 8.31. The fourth-order valence-electron chi connectivity index (χ4n) is 2.96. The van der Waals surface area contributed by atoms with Gasteiger partial charge in [0.15, 0.2) is 0 Å². The fourth-order valence-corrected chi connectivity index (χ4v) is 2.96. The molecule has 0 aliphatic carbocycles. The molecule has 1 heterocycles. The van der Waals surface area contributed by atoms with Crippen LogP contribution >= 0.6 is 0 Å². The van der Waals surface area contributed by atoms with Gasteiger partial charge >= 0.3 is 0 Å². The number of carboxylic acid groups (broad SMARTS) is 1. The highest BCUT2D eigenvalue weighted by atomic mass is 16.5. The maximum Gasteiger partial charge on any atom is 0.241 e. The van der Waals surface area contributed by atoms with E-state index in [4.69, 9.17) is 4.74 Å². The highest BCUT2D eigenvalue weighted by Gasteiger charge is 2.40. The molecule has 0 saturated carbocycles. The number of carboxylic acids is 1. The molecule has 1 atom stereocenters. The number of hydrogen-bond acceptors (Lipinski definition) is 5. The zero-order chi connectivity index (χ0) is 18.8. The summed E-state index contributed by atoms with van der Waals surface area (Å²) in [5, 5.41) is 10.8. The van der Waals surface area contributed by atoms with E-state index >= 15 is 0 Å². The molecule has 2 aromatic carbocycles. The predicted molar refractivity (Wildman–Crippen MR) is 92.8 cm³/mol. The molecule has 26 heavy (non-hydrogen) atoms. The molecule has 2 aromatic rings. The van der Waals surface area contributed by atoms with Crippen molar-refractivity contribution in [1.82, 2.24) is 0 Å². The number of nitrogens with zero attached hydrogens (tertiary/aromatic N) is 1. The molecule has 0 spiro atoms. The van der Waals surface area contributed by atoms with E-state index in [1.165, 1.54) is 24.3 Å². The van der Waals surface area contributed by atoms with Crippen LogP contribution in [0.4, 0.5) is 5.69 Å². The van der Waals surface area contributed by atoms with Gasteiger partial charge in [0.1, 0.15) is 5.75 Å². The van der Waals surface area contributed by atoms with Crippen LogP contribution in [-0.2, 0) is 9.59 Å². The van der Waals surface area contributed by atoms with E-state index in [-0.39, 0.29) is 29.9 Å². The maximum absolute atomic E-state index is 12.7. The van der Waals surface area contributed by atoms with Crippen molar-refractivity contribution < 1.29 is 24.2 Å². The number of hydrogen-bond donors (Lipinski definition) is 0. The van der Waals surface area contributed by atoms with Gasteiger partial charge in [0, 0.05) is 6.42 Å². The number of anilines is 1. The molecule has 1 aliphatic rings. The fraction of sp³-hybridized carbons (Fsp3) is 0.250. The Kier molecular flexibility index (Phi) is 4.75. The van der Waals surface area contributed by atoms with Crippen LogP contribution in [0.1, 0.15) is 42.1 Å². The van der Waals surface area contributed by atoms with Crippen LogP contribution in [-0.4, -0.2) is 23.9 Å². The van der Waals surface area contributed by atoms with Gasteiger partial charge in [-0.3, -0.25) is 14.5 Å². The first kappa shape index (κ1) is 17.7. The summed E-state index contributed by atoms with van der Waals surface area (Å²) in [6, 6.07) is 12.6. The SMILES string of the molecule is CC(C)Oc1ccc([C@@H]2CC(=O)N(c3ccc(C(=O)[O-])cc3)C2=O)cc1. The molecular formula is C20H18NO5-. The lowest BCUT2D eigenvalue weighted by Gasteiger charge is -2.16. The minimum atomic E-state index is -1.31. The monoisotopic (exact) mass is 352 g/mol. The Morgan fingerprint density at radius 3 is 2.23 bits per heavy atom. The molecule has 2 amide bonds.